The molecule has 1 fully saturated rings. The Balaban J connectivity index is 2.02. The van der Waals surface area contributed by atoms with Crippen LogP contribution in [0.3, 0.4) is 0 Å². The number of rotatable bonds is 5. The van der Waals surface area contributed by atoms with E-state index in [1.165, 1.54) is 0 Å². The first kappa shape index (κ1) is 13.8. The van der Waals surface area contributed by atoms with Gasteiger partial charge in [-0.05, 0) is 13.8 Å². The molecular formula is C11H21N5OS. The average Bonchev–Trinajstić information content (AvgIpc) is 2.85. The van der Waals surface area contributed by atoms with Gasteiger partial charge in [-0.1, -0.05) is 0 Å². The fourth-order valence-corrected chi connectivity index (χ4v) is 3.03. The Morgan fingerprint density at radius 3 is 3.11 bits per heavy atom. The Kier molecular flexibility index (Phi) is 4.99. The quantitative estimate of drug-likeness (QED) is 0.595. The van der Waals surface area contributed by atoms with Gasteiger partial charge < -0.3 is 4.74 Å². The van der Waals surface area contributed by atoms with Crippen LogP contribution in [0.5, 0.6) is 0 Å². The van der Waals surface area contributed by atoms with Crippen molar-refractivity contribution in [1.82, 2.24) is 20.2 Å². The van der Waals surface area contributed by atoms with E-state index in [-0.39, 0.29) is 12.1 Å². The summed E-state index contributed by atoms with van der Waals surface area (Å²) in [5, 5.41) is 4.24. The topological polar surface area (TPSA) is 78.0 Å². The first-order chi connectivity index (χ1) is 8.72. The number of aromatic nitrogens is 3. The summed E-state index contributed by atoms with van der Waals surface area (Å²) in [4.78, 5) is 4.31. The van der Waals surface area contributed by atoms with Crippen LogP contribution in [0.25, 0.3) is 0 Å². The van der Waals surface area contributed by atoms with Crippen LogP contribution >= 0.6 is 11.8 Å². The number of hydrazine groups is 1. The maximum atomic E-state index is 5.76. The van der Waals surface area contributed by atoms with Crippen molar-refractivity contribution in [3.63, 3.8) is 0 Å². The van der Waals surface area contributed by atoms with E-state index in [0.29, 0.717) is 6.04 Å². The summed E-state index contributed by atoms with van der Waals surface area (Å²) in [7, 11) is 0. The molecule has 6 nitrogen and oxygen atoms in total. The Labute approximate surface area is 112 Å². The molecule has 0 bridgehead atoms. The number of nitrogens with one attached hydrogen (secondary N) is 1. The first-order valence-corrected chi connectivity index (χ1v) is 7.41. The molecule has 0 radical (unpaired) electrons. The van der Waals surface area contributed by atoms with Gasteiger partial charge in [0.15, 0.2) is 0 Å². The van der Waals surface area contributed by atoms with E-state index in [1.807, 2.05) is 16.4 Å². The molecule has 102 valence electrons. The molecule has 2 rings (SSSR count). The van der Waals surface area contributed by atoms with Gasteiger partial charge in [-0.15, -0.1) is 0 Å². The molecule has 0 aromatic carbocycles. The van der Waals surface area contributed by atoms with Gasteiger partial charge >= 0.3 is 0 Å². The number of ether oxygens (including phenoxy) is 1. The molecule has 18 heavy (non-hydrogen) atoms. The van der Waals surface area contributed by atoms with E-state index < -0.39 is 0 Å². The van der Waals surface area contributed by atoms with Gasteiger partial charge in [0.1, 0.15) is 12.2 Å². The fourth-order valence-electron chi connectivity index (χ4n) is 2.08. The van der Waals surface area contributed by atoms with Crippen molar-refractivity contribution >= 4 is 11.8 Å². The second-order valence-corrected chi connectivity index (χ2v) is 5.83. The molecule has 1 aliphatic heterocycles. The summed E-state index contributed by atoms with van der Waals surface area (Å²) >= 11 is 1.91. The van der Waals surface area contributed by atoms with Crippen LogP contribution in [0.1, 0.15) is 25.7 Å². The molecule has 3 N–H and O–H groups in total. The van der Waals surface area contributed by atoms with Crippen LogP contribution in [0.15, 0.2) is 6.33 Å². The fraction of sp³-hybridized carbons (Fsp3) is 0.818. The molecule has 2 heterocycles. The summed E-state index contributed by atoms with van der Waals surface area (Å²) in [6, 6.07) is 0.391. The predicted molar refractivity (Wildman–Crippen MR) is 72.3 cm³/mol. The van der Waals surface area contributed by atoms with Crippen LogP contribution in [-0.4, -0.2) is 45.0 Å². The third-order valence-corrected chi connectivity index (χ3v) is 4.06. The largest absolute Gasteiger partial charge is 0.375 e. The van der Waals surface area contributed by atoms with Crippen molar-refractivity contribution in [2.75, 3.05) is 18.1 Å². The van der Waals surface area contributed by atoms with E-state index >= 15 is 0 Å². The molecular weight excluding hydrogens is 250 g/mol. The maximum Gasteiger partial charge on any atom is 0.138 e. The van der Waals surface area contributed by atoms with Crippen LogP contribution in [0.2, 0.25) is 0 Å². The minimum absolute atomic E-state index is 0.0829. The first-order valence-electron chi connectivity index (χ1n) is 6.26. The lowest BCUT2D eigenvalue weighted by atomic mass is 10.1. The highest BCUT2D eigenvalue weighted by Gasteiger charge is 2.26. The highest BCUT2D eigenvalue weighted by molar-refractivity contribution is 7.99. The molecule has 1 saturated heterocycles. The van der Waals surface area contributed by atoms with Crippen LogP contribution in [0, 0.1) is 0 Å². The SMILES string of the molecule is CC(C)n1ncnc1CC(NN)C1CSCCO1. The molecule has 2 atom stereocenters. The number of hydrogen-bond acceptors (Lipinski definition) is 6. The molecule has 0 amide bonds. The molecule has 2 unspecified atom stereocenters. The smallest absolute Gasteiger partial charge is 0.138 e. The minimum Gasteiger partial charge on any atom is -0.375 e. The third-order valence-electron chi connectivity index (χ3n) is 3.04. The highest BCUT2D eigenvalue weighted by Crippen LogP contribution is 2.18. The van der Waals surface area contributed by atoms with Gasteiger partial charge in [-0.2, -0.15) is 16.9 Å². The van der Waals surface area contributed by atoms with Crippen LogP contribution in [0.4, 0.5) is 0 Å². The van der Waals surface area contributed by atoms with E-state index in [9.17, 15) is 0 Å². The van der Waals surface area contributed by atoms with E-state index in [2.05, 4.69) is 29.4 Å². The van der Waals surface area contributed by atoms with Gasteiger partial charge in [-0.25, -0.2) is 9.67 Å². The molecule has 7 heteroatoms. The number of nitrogens with two attached hydrogens (primary N) is 1. The second-order valence-electron chi connectivity index (χ2n) is 4.68. The molecule has 0 spiro atoms. The summed E-state index contributed by atoms with van der Waals surface area (Å²) in [5.74, 6) is 8.64. The number of hydrogen-bond donors (Lipinski definition) is 2. The van der Waals surface area contributed by atoms with Gasteiger partial charge in [0.25, 0.3) is 0 Å². The lowest BCUT2D eigenvalue weighted by molar-refractivity contribution is 0.0463. The Morgan fingerprint density at radius 2 is 2.50 bits per heavy atom. The summed E-state index contributed by atoms with van der Waals surface area (Å²) in [6.45, 7) is 4.98. The second kappa shape index (κ2) is 6.51. The van der Waals surface area contributed by atoms with Gasteiger partial charge in [-0.3, -0.25) is 11.3 Å². The summed E-state index contributed by atoms with van der Waals surface area (Å²) in [6.07, 6.45) is 2.48. The normalized spacial score (nSPS) is 22.3. The zero-order valence-corrected chi connectivity index (χ0v) is 11.7. The summed E-state index contributed by atoms with van der Waals surface area (Å²) < 4.78 is 7.69. The molecule has 1 aliphatic rings. The standard InChI is InChI=1S/C11H21N5OS/c1-8(2)16-11(13-7-14-16)5-9(15-12)10-6-18-4-3-17-10/h7-10,15H,3-6,12H2,1-2H3. The summed E-state index contributed by atoms with van der Waals surface area (Å²) in [5.41, 5.74) is 2.86. The van der Waals surface area contributed by atoms with Gasteiger partial charge in [0.2, 0.25) is 0 Å². The zero-order chi connectivity index (χ0) is 13.0. The molecule has 0 aliphatic carbocycles. The molecule has 1 aromatic heterocycles. The Morgan fingerprint density at radius 1 is 1.67 bits per heavy atom. The van der Waals surface area contributed by atoms with Crippen molar-refractivity contribution in [1.29, 1.82) is 0 Å². The van der Waals surface area contributed by atoms with E-state index in [1.54, 1.807) is 6.33 Å². The number of thioether (sulfide) groups is 1. The maximum absolute atomic E-state index is 5.76. The number of nitrogens with zero attached hydrogens (tertiary/aromatic N) is 3. The highest BCUT2D eigenvalue weighted by atomic mass is 32.2. The van der Waals surface area contributed by atoms with Gasteiger partial charge in [0, 0.05) is 24.0 Å². The zero-order valence-electron chi connectivity index (χ0n) is 10.9. The van der Waals surface area contributed by atoms with E-state index in [4.69, 9.17) is 10.6 Å². The monoisotopic (exact) mass is 271 g/mol. The minimum atomic E-state index is 0.0829. The Hall–Kier alpha value is -0.630. The molecule has 1 aromatic rings. The third kappa shape index (κ3) is 3.23. The van der Waals surface area contributed by atoms with E-state index in [0.717, 1.165) is 30.4 Å². The Bertz CT molecular complexity index is 364. The van der Waals surface area contributed by atoms with Crippen molar-refractivity contribution in [3.8, 4) is 0 Å². The lowest BCUT2D eigenvalue weighted by Gasteiger charge is -2.29. The van der Waals surface area contributed by atoms with Crippen molar-refractivity contribution in [2.45, 2.75) is 38.5 Å². The van der Waals surface area contributed by atoms with Crippen molar-refractivity contribution in [3.05, 3.63) is 12.2 Å². The lowest BCUT2D eigenvalue weighted by Crippen LogP contribution is -2.49. The van der Waals surface area contributed by atoms with Crippen LogP contribution in [-0.2, 0) is 11.2 Å². The van der Waals surface area contributed by atoms with Crippen molar-refractivity contribution < 1.29 is 4.74 Å². The van der Waals surface area contributed by atoms with Crippen LogP contribution < -0.4 is 11.3 Å². The average molecular weight is 271 g/mol. The predicted octanol–water partition coefficient (Wildman–Crippen LogP) is 0.365. The molecule has 0 saturated carbocycles. The van der Waals surface area contributed by atoms with Crippen molar-refractivity contribution in [2.24, 2.45) is 5.84 Å². The van der Waals surface area contributed by atoms with Gasteiger partial charge in [0.05, 0.1) is 18.8 Å².